The molecule has 3 rings (SSSR count). The maximum Gasteiger partial charge on any atom is 0.191 e. The molecule has 0 saturated heterocycles. The molecule has 1 aromatic rings. The molecule has 2 aliphatic rings. The molecule has 19 heavy (non-hydrogen) atoms. The zero-order chi connectivity index (χ0) is 13.4. The minimum Gasteiger partial charge on any atom is -0.354 e. The quantitative estimate of drug-likeness (QED) is 0.859. The van der Waals surface area contributed by atoms with Gasteiger partial charge in [0.15, 0.2) is 5.96 Å². The molecule has 0 spiro atoms. The first-order chi connectivity index (χ1) is 9.10. The average Bonchev–Trinajstić information content (AvgIpc) is 2.67. The molecule has 0 radical (unpaired) electrons. The van der Waals surface area contributed by atoms with Crippen molar-refractivity contribution in [3.63, 3.8) is 0 Å². The van der Waals surface area contributed by atoms with Crippen LogP contribution in [0.25, 0.3) is 0 Å². The third-order valence-electron chi connectivity index (χ3n) is 3.74. The molecule has 0 bridgehead atoms. The van der Waals surface area contributed by atoms with Crippen molar-refractivity contribution >= 4 is 5.96 Å². The van der Waals surface area contributed by atoms with E-state index in [2.05, 4.69) is 22.5 Å². The lowest BCUT2D eigenvalue weighted by Crippen LogP contribution is -2.48. The standard InChI is InChI=1S/C14H17F2N3/c1-8-7-17-14(18-8)19-13-4-10(5-13)9-2-11(15)6-12(16)3-9/h2-3,6,8,10,13H,4-5,7H2,1H3,(H2,17,18,19). The van der Waals surface area contributed by atoms with E-state index in [1.165, 1.54) is 12.1 Å². The van der Waals surface area contributed by atoms with Crippen LogP contribution in [0, 0.1) is 11.6 Å². The van der Waals surface area contributed by atoms with E-state index < -0.39 is 11.6 Å². The molecule has 0 aromatic heterocycles. The van der Waals surface area contributed by atoms with Crippen LogP contribution in [0.1, 0.15) is 31.2 Å². The lowest BCUT2D eigenvalue weighted by Gasteiger charge is -2.36. The van der Waals surface area contributed by atoms with Crippen LogP contribution in [0.5, 0.6) is 0 Å². The fourth-order valence-corrected chi connectivity index (χ4v) is 2.65. The van der Waals surface area contributed by atoms with Crippen molar-refractivity contribution in [1.82, 2.24) is 10.6 Å². The van der Waals surface area contributed by atoms with Crippen LogP contribution < -0.4 is 10.6 Å². The van der Waals surface area contributed by atoms with Gasteiger partial charge in [0, 0.05) is 18.2 Å². The van der Waals surface area contributed by atoms with Gasteiger partial charge >= 0.3 is 0 Å². The third kappa shape index (κ3) is 2.69. The number of hydrogen-bond acceptors (Lipinski definition) is 3. The van der Waals surface area contributed by atoms with E-state index in [1.54, 1.807) is 0 Å². The predicted molar refractivity (Wildman–Crippen MR) is 70.2 cm³/mol. The Morgan fingerprint density at radius 2 is 1.89 bits per heavy atom. The summed E-state index contributed by atoms with van der Waals surface area (Å²) in [4.78, 5) is 4.34. The van der Waals surface area contributed by atoms with Gasteiger partial charge in [0.05, 0.1) is 6.54 Å². The van der Waals surface area contributed by atoms with E-state index in [-0.39, 0.29) is 5.92 Å². The summed E-state index contributed by atoms with van der Waals surface area (Å²) in [7, 11) is 0. The molecule has 1 unspecified atom stereocenters. The summed E-state index contributed by atoms with van der Waals surface area (Å²) in [5, 5.41) is 6.57. The first kappa shape index (κ1) is 12.4. The fraction of sp³-hybridized carbons (Fsp3) is 0.500. The monoisotopic (exact) mass is 265 g/mol. The number of benzene rings is 1. The third-order valence-corrected chi connectivity index (χ3v) is 3.74. The smallest absolute Gasteiger partial charge is 0.191 e. The molecule has 1 saturated carbocycles. The molecule has 2 N–H and O–H groups in total. The molecule has 0 amide bonds. The van der Waals surface area contributed by atoms with E-state index in [9.17, 15) is 8.78 Å². The number of rotatable bonds is 2. The Hall–Kier alpha value is -1.65. The highest BCUT2D eigenvalue weighted by Crippen LogP contribution is 2.37. The lowest BCUT2D eigenvalue weighted by molar-refractivity contribution is 0.321. The zero-order valence-corrected chi connectivity index (χ0v) is 10.8. The van der Waals surface area contributed by atoms with Gasteiger partial charge in [0.2, 0.25) is 0 Å². The van der Waals surface area contributed by atoms with Gasteiger partial charge in [-0.2, -0.15) is 0 Å². The molecular formula is C14H17F2N3. The van der Waals surface area contributed by atoms with Gasteiger partial charge in [-0.15, -0.1) is 0 Å². The van der Waals surface area contributed by atoms with Crippen LogP contribution in [0.3, 0.4) is 0 Å². The van der Waals surface area contributed by atoms with Gasteiger partial charge in [-0.3, -0.25) is 4.99 Å². The second kappa shape index (κ2) is 4.79. The minimum absolute atomic E-state index is 0.238. The molecule has 1 atom stereocenters. The van der Waals surface area contributed by atoms with Crippen LogP contribution >= 0.6 is 0 Å². The lowest BCUT2D eigenvalue weighted by atomic mass is 9.76. The topological polar surface area (TPSA) is 36.4 Å². The summed E-state index contributed by atoms with van der Waals surface area (Å²) >= 11 is 0. The molecule has 5 heteroatoms. The zero-order valence-electron chi connectivity index (χ0n) is 10.8. The van der Waals surface area contributed by atoms with E-state index >= 15 is 0 Å². The van der Waals surface area contributed by atoms with Crippen molar-refractivity contribution < 1.29 is 8.78 Å². The second-order valence-electron chi connectivity index (χ2n) is 5.45. The SMILES string of the molecule is CC1CN=C(NC2CC(c3cc(F)cc(F)c3)C2)N1. The maximum atomic E-state index is 13.1. The van der Waals surface area contributed by atoms with Crippen molar-refractivity contribution in [2.75, 3.05) is 6.54 Å². The maximum absolute atomic E-state index is 13.1. The Morgan fingerprint density at radius 1 is 1.21 bits per heavy atom. The van der Waals surface area contributed by atoms with E-state index in [0.717, 1.165) is 37.0 Å². The summed E-state index contributed by atoms with van der Waals surface area (Å²) in [6.45, 7) is 2.88. The second-order valence-corrected chi connectivity index (χ2v) is 5.45. The first-order valence-corrected chi connectivity index (χ1v) is 6.63. The molecule has 3 nitrogen and oxygen atoms in total. The van der Waals surface area contributed by atoms with Gasteiger partial charge in [0.1, 0.15) is 11.6 Å². The Morgan fingerprint density at radius 3 is 2.47 bits per heavy atom. The minimum atomic E-state index is -0.498. The van der Waals surface area contributed by atoms with Crippen LogP contribution in [-0.2, 0) is 0 Å². The molecule has 1 aliphatic carbocycles. The highest BCUT2D eigenvalue weighted by Gasteiger charge is 2.32. The molecule has 1 aliphatic heterocycles. The summed E-state index contributed by atoms with van der Waals surface area (Å²) in [5.74, 6) is 0.0904. The van der Waals surface area contributed by atoms with Crippen LogP contribution in [0.4, 0.5) is 8.78 Å². The first-order valence-electron chi connectivity index (χ1n) is 6.63. The summed E-state index contributed by atoms with van der Waals surface area (Å²) in [5.41, 5.74) is 0.755. The van der Waals surface area contributed by atoms with Crippen molar-refractivity contribution in [3.05, 3.63) is 35.4 Å². The number of guanidine groups is 1. The van der Waals surface area contributed by atoms with Gasteiger partial charge < -0.3 is 10.6 Å². The summed E-state index contributed by atoms with van der Waals surface area (Å²) < 4.78 is 26.3. The molecule has 1 fully saturated rings. The molecule has 1 aromatic carbocycles. The Bertz CT molecular complexity index is 489. The molecule has 1 heterocycles. The fourth-order valence-electron chi connectivity index (χ4n) is 2.65. The number of aliphatic imine (C=N–C) groups is 1. The highest BCUT2D eigenvalue weighted by molar-refractivity contribution is 5.82. The Labute approximate surface area is 111 Å². The number of nitrogens with zero attached hydrogens (tertiary/aromatic N) is 1. The van der Waals surface area contributed by atoms with Crippen molar-refractivity contribution in [2.24, 2.45) is 4.99 Å². The normalized spacial score (nSPS) is 29.4. The van der Waals surface area contributed by atoms with Crippen LogP contribution in [0.2, 0.25) is 0 Å². The Balaban J connectivity index is 1.55. The van der Waals surface area contributed by atoms with Crippen LogP contribution in [-0.4, -0.2) is 24.6 Å². The van der Waals surface area contributed by atoms with Gasteiger partial charge in [-0.25, -0.2) is 8.78 Å². The molecule has 102 valence electrons. The van der Waals surface area contributed by atoms with Crippen molar-refractivity contribution in [2.45, 2.75) is 37.8 Å². The number of hydrogen-bond donors (Lipinski definition) is 2. The highest BCUT2D eigenvalue weighted by atomic mass is 19.1. The van der Waals surface area contributed by atoms with E-state index in [0.29, 0.717) is 12.1 Å². The van der Waals surface area contributed by atoms with Gasteiger partial charge in [0.25, 0.3) is 0 Å². The number of nitrogens with one attached hydrogen (secondary N) is 2. The van der Waals surface area contributed by atoms with Gasteiger partial charge in [-0.1, -0.05) is 0 Å². The largest absolute Gasteiger partial charge is 0.354 e. The van der Waals surface area contributed by atoms with Gasteiger partial charge in [-0.05, 0) is 43.4 Å². The predicted octanol–water partition coefficient (Wildman–Crippen LogP) is 2.15. The number of halogens is 2. The summed E-state index contributed by atoms with van der Waals surface area (Å²) in [6.07, 6.45) is 1.77. The Kier molecular flexibility index (Phi) is 3.12. The van der Waals surface area contributed by atoms with E-state index in [4.69, 9.17) is 0 Å². The average molecular weight is 265 g/mol. The summed E-state index contributed by atoms with van der Waals surface area (Å²) in [6, 6.07) is 4.49. The van der Waals surface area contributed by atoms with Crippen molar-refractivity contribution in [3.8, 4) is 0 Å². The van der Waals surface area contributed by atoms with Crippen LogP contribution in [0.15, 0.2) is 23.2 Å². The molecular weight excluding hydrogens is 248 g/mol. The van der Waals surface area contributed by atoms with Crippen molar-refractivity contribution in [1.29, 1.82) is 0 Å². The van der Waals surface area contributed by atoms with E-state index in [1.807, 2.05) is 0 Å².